The van der Waals surface area contributed by atoms with Crippen molar-refractivity contribution in [1.29, 1.82) is 0 Å². The molecule has 0 saturated heterocycles. The number of benzene rings is 2. The van der Waals surface area contributed by atoms with E-state index >= 15 is 0 Å². The predicted octanol–water partition coefficient (Wildman–Crippen LogP) is 3.52. The van der Waals surface area contributed by atoms with Gasteiger partial charge in [0.05, 0.1) is 18.9 Å². The maximum atomic E-state index is 5.81. The van der Waals surface area contributed by atoms with Crippen LogP contribution in [0.1, 0.15) is 5.56 Å². The Morgan fingerprint density at radius 2 is 1.68 bits per heavy atom. The van der Waals surface area contributed by atoms with Crippen LogP contribution in [-0.4, -0.2) is 13.2 Å². The number of nitrogens with two attached hydrogens (primary N) is 1. The standard InChI is InChI=1S/C15H16ClNO2/c16-13-7-5-12(6-8-13)11-18-9-10-19-15-4-2-1-3-14(15)17/h1-8H,9-11,17H2. The number of anilines is 1. The van der Waals surface area contributed by atoms with E-state index in [9.17, 15) is 0 Å². The van der Waals surface area contributed by atoms with Gasteiger partial charge in [0.25, 0.3) is 0 Å². The molecular weight excluding hydrogens is 262 g/mol. The fourth-order valence-corrected chi connectivity index (χ4v) is 1.72. The highest BCUT2D eigenvalue weighted by Crippen LogP contribution is 2.19. The molecule has 0 amide bonds. The average molecular weight is 278 g/mol. The van der Waals surface area contributed by atoms with E-state index in [2.05, 4.69) is 0 Å². The summed E-state index contributed by atoms with van der Waals surface area (Å²) >= 11 is 5.81. The quantitative estimate of drug-likeness (QED) is 0.649. The molecule has 0 aromatic heterocycles. The number of nitrogen functional groups attached to an aromatic ring is 1. The van der Waals surface area contributed by atoms with Gasteiger partial charge in [-0.2, -0.15) is 0 Å². The fraction of sp³-hybridized carbons (Fsp3) is 0.200. The molecule has 0 aliphatic carbocycles. The number of hydrogen-bond donors (Lipinski definition) is 1. The molecule has 0 spiro atoms. The minimum atomic E-state index is 0.474. The topological polar surface area (TPSA) is 44.5 Å². The van der Waals surface area contributed by atoms with Crippen LogP contribution in [0, 0.1) is 0 Å². The van der Waals surface area contributed by atoms with Gasteiger partial charge >= 0.3 is 0 Å². The Morgan fingerprint density at radius 1 is 0.947 bits per heavy atom. The summed E-state index contributed by atoms with van der Waals surface area (Å²) in [5, 5.41) is 0.728. The molecule has 2 aromatic carbocycles. The van der Waals surface area contributed by atoms with Crippen LogP contribution in [0.4, 0.5) is 5.69 Å². The third-order valence-corrected chi connectivity index (χ3v) is 2.84. The highest BCUT2D eigenvalue weighted by atomic mass is 35.5. The lowest BCUT2D eigenvalue weighted by atomic mass is 10.2. The summed E-state index contributed by atoms with van der Waals surface area (Å²) in [7, 11) is 0. The maximum absolute atomic E-state index is 5.81. The first-order valence-corrected chi connectivity index (χ1v) is 6.43. The van der Waals surface area contributed by atoms with Gasteiger partial charge < -0.3 is 15.2 Å². The van der Waals surface area contributed by atoms with Gasteiger partial charge in [0.2, 0.25) is 0 Å². The van der Waals surface area contributed by atoms with Gasteiger partial charge in [-0.05, 0) is 29.8 Å². The van der Waals surface area contributed by atoms with Gasteiger partial charge in [-0.1, -0.05) is 35.9 Å². The first-order chi connectivity index (χ1) is 9.25. The van der Waals surface area contributed by atoms with Crippen molar-refractivity contribution in [2.75, 3.05) is 18.9 Å². The third-order valence-electron chi connectivity index (χ3n) is 2.59. The van der Waals surface area contributed by atoms with Gasteiger partial charge in [0.1, 0.15) is 12.4 Å². The van der Waals surface area contributed by atoms with E-state index in [1.54, 1.807) is 0 Å². The Bertz CT molecular complexity index is 514. The Morgan fingerprint density at radius 3 is 2.42 bits per heavy atom. The molecule has 19 heavy (non-hydrogen) atoms. The Hall–Kier alpha value is -1.71. The van der Waals surface area contributed by atoms with Gasteiger partial charge in [-0.15, -0.1) is 0 Å². The number of ether oxygens (including phenoxy) is 2. The molecule has 0 aliphatic heterocycles. The van der Waals surface area contributed by atoms with Crippen molar-refractivity contribution in [2.24, 2.45) is 0 Å². The van der Waals surface area contributed by atoms with E-state index in [4.69, 9.17) is 26.8 Å². The zero-order valence-corrected chi connectivity index (χ0v) is 11.3. The second kappa shape index (κ2) is 7.02. The van der Waals surface area contributed by atoms with Crippen LogP contribution in [0.5, 0.6) is 5.75 Å². The normalized spacial score (nSPS) is 10.4. The molecule has 2 rings (SSSR count). The smallest absolute Gasteiger partial charge is 0.142 e. The second-order valence-corrected chi connectivity index (χ2v) is 4.50. The van der Waals surface area contributed by atoms with Crippen LogP contribution in [0.25, 0.3) is 0 Å². The first kappa shape index (κ1) is 13.7. The summed E-state index contributed by atoms with van der Waals surface area (Å²) < 4.78 is 11.0. The van der Waals surface area contributed by atoms with E-state index in [0.29, 0.717) is 31.3 Å². The second-order valence-electron chi connectivity index (χ2n) is 4.07. The molecule has 0 saturated carbocycles. The van der Waals surface area contributed by atoms with Crippen LogP contribution >= 0.6 is 11.6 Å². The fourth-order valence-electron chi connectivity index (χ4n) is 1.59. The molecule has 2 N–H and O–H groups in total. The van der Waals surface area contributed by atoms with E-state index < -0.39 is 0 Å². The van der Waals surface area contributed by atoms with Crippen LogP contribution in [0.2, 0.25) is 5.02 Å². The van der Waals surface area contributed by atoms with Gasteiger partial charge in [0.15, 0.2) is 0 Å². The zero-order valence-electron chi connectivity index (χ0n) is 10.5. The lowest BCUT2D eigenvalue weighted by Crippen LogP contribution is -2.07. The highest BCUT2D eigenvalue weighted by Gasteiger charge is 1.98. The van der Waals surface area contributed by atoms with E-state index in [-0.39, 0.29) is 0 Å². The van der Waals surface area contributed by atoms with Crippen molar-refractivity contribution in [2.45, 2.75) is 6.61 Å². The van der Waals surface area contributed by atoms with Crippen LogP contribution < -0.4 is 10.5 Å². The van der Waals surface area contributed by atoms with E-state index in [1.807, 2.05) is 48.5 Å². The lowest BCUT2D eigenvalue weighted by molar-refractivity contribution is 0.0891. The molecule has 100 valence electrons. The maximum Gasteiger partial charge on any atom is 0.142 e. The van der Waals surface area contributed by atoms with Crippen molar-refractivity contribution in [3.05, 3.63) is 59.1 Å². The summed E-state index contributed by atoms with van der Waals surface area (Å²) in [5.41, 5.74) is 7.49. The molecule has 0 unspecified atom stereocenters. The Labute approximate surface area is 117 Å². The van der Waals surface area contributed by atoms with Crippen molar-refractivity contribution >= 4 is 17.3 Å². The minimum Gasteiger partial charge on any atom is -0.489 e. The average Bonchev–Trinajstić information content (AvgIpc) is 2.42. The van der Waals surface area contributed by atoms with Crippen molar-refractivity contribution in [3.63, 3.8) is 0 Å². The molecule has 0 fully saturated rings. The largest absolute Gasteiger partial charge is 0.489 e. The lowest BCUT2D eigenvalue weighted by Gasteiger charge is -2.09. The van der Waals surface area contributed by atoms with Crippen molar-refractivity contribution in [1.82, 2.24) is 0 Å². The molecular formula is C15H16ClNO2. The van der Waals surface area contributed by atoms with Crippen molar-refractivity contribution < 1.29 is 9.47 Å². The number of para-hydroxylation sites is 2. The first-order valence-electron chi connectivity index (χ1n) is 6.05. The molecule has 0 heterocycles. The number of rotatable bonds is 6. The monoisotopic (exact) mass is 277 g/mol. The molecule has 4 heteroatoms. The molecule has 0 radical (unpaired) electrons. The van der Waals surface area contributed by atoms with E-state index in [0.717, 1.165) is 10.6 Å². The predicted molar refractivity (Wildman–Crippen MR) is 77.5 cm³/mol. The van der Waals surface area contributed by atoms with Crippen LogP contribution in [0.3, 0.4) is 0 Å². The number of hydrogen-bond acceptors (Lipinski definition) is 3. The Kier molecular flexibility index (Phi) is 5.07. The molecule has 0 atom stereocenters. The zero-order chi connectivity index (χ0) is 13.5. The van der Waals surface area contributed by atoms with Gasteiger partial charge in [-0.3, -0.25) is 0 Å². The summed E-state index contributed by atoms with van der Waals surface area (Å²) in [4.78, 5) is 0. The van der Waals surface area contributed by atoms with Crippen LogP contribution in [-0.2, 0) is 11.3 Å². The van der Waals surface area contributed by atoms with Crippen LogP contribution in [0.15, 0.2) is 48.5 Å². The summed E-state index contributed by atoms with van der Waals surface area (Å²) in [6.45, 7) is 1.53. The molecule has 0 aliphatic rings. The number of halogens is 1. The summed E-state index contributed by atoms with van der Waals surface area (Å²) in [6, 6.07) is 15.0. The summed E-state index contributed by atoms with van der Waals surface area (Å²) in [5.74, 6) is 0.692. The van der Waals surface area contributed by atoms with Gasteiger partial charge in [0, 0.05) is 5.02 Å². The molecule has 2 aromatic rings. The van der Waals surface area contributed by atoms with Gasteiger partial charge in [-0.25, -0.2) is 0 Å². The van der Waals surface area contributed by atoms with E-state index in [1.165, 1.54) is 0 Å². The molecule has 3 nitrogen and oxygen atoms in total. The molecule has 0 bridgehead atoms. The minimum absolute atomic E-state index is 0.474. The van der Waals surface area contributed by atoms with Crippen molar-refractivity contribution in [3.8, 4) is 5.75 Å². The third kappa shape index (κ3) is 4.47. The highest BCUT2D eigenvalue weighted by molar-refractivity contribution is 6.30. The SMILES string of the molecule is Nc1ccccc1OCCOCc1ccc(Cl)cc1. The summed E-state index contributed by atoms with van der Waals surface area (Å²) in [6.07, 6.45) is 0. The Balaban J connectivity index is 1.67.